The van der Waals surface area contributed by atoms with E-state index in [1.165, 1.54) is 12.1 Å². The number of carboxylic acid groups (broad SMARTS) is 1. The maximum absolute atomic E-state index is 14.4. The van der Waals surface area contributed by atoms with Crippen LogP contribution in [0.5, 0.6) is 5.75 Å². The summed E-state index contributed by atoms with van der Waals surface area (Å²) >= 11 is 5.83. The van der Waals surface area contributed by atoms with E-state index in [2.05, 4.69) is 0 Å². The fourth-order valence-electron chi connectivity index (χ4n) is 3.51. The van der Waals surface area contributed by atoms with Crippen LogP contribution in [0.4, 0.5) is 8.78 Å². The van der Waals surface area contributed by atoms with E-state index in [-0.39, 0.29) is 31.0 Å². The van der Waals surface area contributed by atoms with Crippen LogP contribution in [0.2, 0.25) is 5.02 Å². The molecule has 1 aliphatic rings. The van der Waals surface area contributed by atoms with Gasteiger partial charge >= 0.3 is 5.97 Å². The topological polar surface area (TPSA) is 46.5 Å². The fourth-order valence-corrected chi connectivity index (χ4v) is 3.67. The third kappa shape index (κ3) is 4.71. The lowest BCUT2D eigenvalue weighted by molar-refractivity contribution is -0.136. The number of hydrogen-bond acceptors (Lipinski definition) is 2. The molecular weight excluding hydrogens is 386 g/mol. The molecule has 0 aliphatic heterocycles. The highest BCUT2D eigenvalue weighted by Crippen LogP contribution is 2.36. The molecule has 0 heterocycles. The summed E-state index contributed by atoms with van der Waals surface area (Å²) in [6.45, 7) is 1.98. The third-order valence-corrected chi connectivity index (χ3v) is 5.22. The van der Waals surface area contributed by atoms with Crippen molar-refractivity contribution in [2.45, 2.75) is 39.0 Å². The number of hydrogen-bond donors (Lipinski definition) is 1. The minimum Gasteiger partial charge on any atom is -0.486 e. The number of aliphatic carboxylic acids is 1. The van der Waals surface area contributed by atoms with Crippen LogP contribution < -0.4 is 4.74 Å². The molecule has 3 nitrogen and oxygen atoms in total. The number of benzene rings is 2. The van der Waals surface area contributed by atoms with E-state index in [1.54, 1.807) is 25.1 Å². The van der Waals surface area contributed by atoms with E-state index in [1.807, 2.05) is 0 Å². The Hall–Kier alpha value is -2.40. The number of rotatable bonds is 7. The summed E-state index contributed by atoms with van der Waals surface area (Å²) in [4.78, 5) is 10.7. The number of aryl methyl sites for hydroxylation is 2. The molecule has 0 aromatic heterocycles. The van der Waals surface area contributed by atoms with Crippen LogP contribution in [0.1, 0.15) is 42.4 Å². The van der Waals surface area contributed by atoms with Crippen molar-refractivity contribution >= 4 is 23.1 Å². The number of carboxylic acids is 1. The molecule has 2 aromatic carbocycles. The Morgan fingerprint density at radius 2 is 1.96 bits per heavy atom. The molecule has 0 bridgehead atoms. The summed E-state index contributed by atoms with van der Waals surface area (Å²) in [5.41, 5.74) is 3.79. The summed E-state index contributed by atoms with van der Waals surface area (Å²) in [6, 6.07) is 7.53. The predicted octanol–water partition coefficient (Wildman–Crippen LogP) is 5.96. The molecule has 28 heavy (non-hydrogen) atoms. The molecule has 0 radical (unpaired) electrons. The molecule has 1 aliphatic carbocycles. The maximum Gasteiger partial charge on any atom is 0.303 e. The zero-order valence-electron chi connectivity index (χ0n) is 15.5. The SMILES string of the molecule is Cc1cc(OCC2=C(c3ccc(Cl)cc3F)CCC2)c(F)cc1CCC(=O)O. The largest absolute Gasteiger partial charge is 0.486 e. The lowest BCUT2D eigenvalue weighted by atomic mass is 10.0. The Morgan fingerprint density at radius 3 is 2.68 bits per heavy atom. The first-order valence-corrected chi connectivity index (χ1v) is 9.53. The lowest BCUT2D eigenvalue weighted by Crippen LogP contribution is -2.05. The van der Waals surface area contributed by atoms with Crippen molar-refractivity contribution in [3.8, 4) is 5.75 Å². The van der Waals surface area contributed by atoms with E-state index in [4.69, 9.17) is 21.4 Å². The van der Waals surface area contributed by atoms with Crippen LogP contribution in [0.25, 0.3) is 5.57 Å². The standard InChI is InChI=1S/C22H21ClF2O3/c1-13-9-21(20(25)10-14(13)5-8-22(26)27)28-12-15-3-2-4-17(15)18-7-6-16(23)11-19(18)24/h6-7,9-11H,2-5,8,12H2,1H3,(H,26,27). The minimum atomic E-state index is -0.921. The van der Waals surface area contributed by atoms with Gasteiger partial charge in [0.1, 0.15) is 12.4 Å². The molecule has 0 saturated heterocycles. The van der Waals surface area contributed by atoms with Gasteiger partial charge in [-0.05, 0) is 79.1 Å². The van der Waals surface area contributed by atoms with Gasteiger partial charge in [-0.15, -0.1) is 0 Å². The van der Waals surface area contributed by atoms with Crippen molar-refractivity contribution in [2.75, 3.05) is 6.61 Å². The molecule has 6 heteroatoms. The molecule has 2 aromatic rings. The normalized spacial score (nSPS) is 13.9. The number of ether oxygens (including phenoxy) is 1. The molecule has 0 fully saturated rings. The van der Waals surface area contributed by atoms with Gasteiger partial charge in [0.05, 0.1) is 0 Å². The fraction of sp³-hybridized carbons (Fsp3) is 0.318. The van der Waals surface area contributed by atoms with E-state index < -0.39 is 11.8 Å². The van der Waals surface area contributed by atoms with E-state index in [0.717, 1.165) is 36.0 Å². The number of allylic oxidation sites excluding steroid dienone is 1. The number of halogens is 3. The molecule has 1 N–H and O–H groups in total. The Kier molecular flexibility index (Phi) is 6.35. The van der Waals surface area contributed by atoms with Crippen LogP contribution in [-0.2, 0) is 11.2 Å². The molecule has 0 saturated carbocycles. The van der Waals surface area contributed by atoms with Gasteiger partial charge in [0.2, 0.25) is 0 Å². The summed E-state index contributed by atoms with van der Waals surface area (Å²) in [5.74, 6) is -1.70. The summed E-state index contributed by atoms with van der Waals surface area (Å²) in [5, 5.41) is 9.14. The van der Waals surface area contributed by atoms with Crippen molar-refractivity contribution in [3.05, 3.63) is 69.3 Å². The zero-order valence-corrected chi connectivity index (χ0v) is 16.3. The van der Waals surface area contributed by atoms with Crippen LogP contribution in [0.3, 0.4) is 0 Å². The third-order valence-electron chi connectivity index (χ3n) is 4.99. The quantitative estimate of drug-likeness (QED) is 0.617. The van der Waals surface area contributed by atoms with Gasteiger partial charge in [-0.25, -0.2) is 8.78 Å². The molecule has 148 valence electrons. The highest BCUT2D eigenvalue weighted by Gasteiger charge is 2.20. The van der Waals surface area contributed by atoms with Gasteiger partial charge in [-0.3, -0.25) is 4.79 Å². The number of carbonyl (C=O) groups is 1. The van der Waals surface area contributed by atoms with Crippen LogP contribution in [0.15, 0.2) is 35.9 Å². The summed E-state index contributed by atoms with van der Waals surface area (Å²) in [6.07, 6.45) is 2.63. The average Bonchev–Trinajstić information content (AvgIpc) is 3.09. The van der Waals surface area contributed by atoms with Crippen molar-refractivity contribution in [1.82, 2.24) is 0 Å². The van der Waals surface area contributed by atoms with Gasteiger partial charge in [0, 0.05) is 17.0 Å². The van der Waals surface area contributed by atoms with E-state index in [0.29, 0.717) is 16.1 Å². The van der Waals surface area contributed by atoms with E-state index in [9.17, 15) is 13.6 Å². The summed E-state index contributed by atoms with van der Waals surface area (Å²) < 4.78 is 34.4. The first-order valence-electron chi connectivity index (χ1n) is 9.15. The molecular formula is C22H21ClF2O3. The highest BCUT2D eigenvalue weighted by atomic mass is 35.5. The lowest BCUT2D eigenvalue weighted by Gasteiger charge is -2.13. The van der Waals surface area contributed by atoms with Crippen molar-refractivity contribution in [1.29, 1.82) is 0 Å². The van der Waals surface area contributed by atoms with Gasteiger partial charge in [0.15, 0.2) is 11.6 Å². The second-order valence-electron chi connectivity index (χ2n) is 6.95. The van der Waals surface area contributed by atoms with Gasteiger partial charge < -0.3 is 9.84 Å². The second kappa shape index (κ2) is 8.74. The maximum atomic E-state index is 14.4. The average molecular weight is 407 g/mol. The van der Waals surface area contributed by atoms with Crippen molar-refractivity contribution < 1.29 is 23.4 Å². The monoisotopic (exact) mass is 406 g/mol. The predicted molar refractivity (Wildman–Crippen MR) is 105 cm³/mol. The molecule has 0 unspecified atom stereocenters. The molecule has 0 amide bonds. The Bertz CT molecular complexity index is 938. The zero-order chi connectivity index (χ0) is 20.3. The minimum absolute atomic E-state index is 0.0522. The summed E-state index contributed by atoms with van der Waals surface area (Å²) in [7, 11) is 0. The molecule has 3 rings (SSSR count). The van der Waals surface area contributed by atoms with Gasteiger partial charge in [-0.1, -0.05) is 17.7 Å². The van der Waals surface area contributed by atoms with Gasteiger partial charge in [-0.2, -0.15) is 0 Å². The van der Waals surface area contributed by atoms with E-state index >= 15 is 0 Å². The highest BCUT2D eigenvalue weighted by molar-refractivity contribution is 6.30. The molecule has 0 atom stereocenters. The van der Waals surface area contributed by atoms with Crippen LogP contribution >= 0.6 is 11.6 Å². The van der Waals surface area contributed by atoms with Crippen molar-refractivity contribution in [3.63, 3.8) is 0 Å². The first kappa shape index (κ1) is 20.3. The Labute approximate surface area is 167 Å². The smallest absolute Gasteiger partial charge is 0.303 e. The van der Waals surface area contributed by atoms with Crippen molar-refractivity contribution in [2.24, 2.45) is 0 Å². The first-order chi connectivity index (χ1) is 13.3. The molecule has 0 spiro atoms. The Morgan fingerprint density at radius 1 is 1.18 bits per heavy atom. The Balaban J connectivity index is 1.77. The second-order valence-corrected chi connectivity index (χ2v) is 7.39. The van der Waals surface area contributed by atoms with Crippen LogP contribution in [0, 0.1) is 18.6 Å². The van der Waals surface area contributed by atoms with Crippen LogP contribution in [-0.4, -0.2) is 17.7 Å². The van der Waals surface area contributed by atoms with Gasteiger partial charge in [0.25, 0.3) is 0 Å².